The third kappa shape index (κ3) is 4.33. The molecule has 3 rings (SSSR count). The van der Waals surface area contributed by atoms with Gasteiger partial charge in [0.15, 0.2) is 0 Å². The molecule has 0 unspecified atom stereocenters. The van der Waals surface area contributed by atoms with Crippen molar-refractivity contribution in [2.45, 2.75) is 6.42 Å². The van der Waals surface area contributed by atoms with Crippen LogP contribution >= 0.6 is 0 Å². The summed E-state index contributed by atoms with van der Waals surface area (Å²) in [5.74, 6) is -0.956. The van der Waals surface area contributed by atoms with Crippen molar-refractivity contribution in [3.8, 4) is 16.9 Å². The number of anilines is 1. The molecule has 0 saturated heterocycles. The Kier molecular flexibility index (Phi) is 5.52. The fraction of sp³-hybridized carbons (Fsp3) is 0.0909. The number of rotatable bonds is 5. The fourth-order valence-electron chi connectivity index (χ4n) is 2.70. The molecule has 0 atom stereocenters. The van der Waals surface area contributed by atoms with Crippen LogP contribution in [0.15, 0.2) is 72.8 Å². The van der Waals surface area contributed by atoms with Crippen LogP contribution in [-0.4, -0.2) is 24.1 Å². The van der Waals surface area contributed by atoms with Gasteiger partial charge in [-0.1, -0.05) is 54.6 Å². The number of hydrogen-bond acceptors (Lipinski definition) is 4. The zero-order valence-electron chi connectivity index (χ0n) is 14.8. The number of phenols is 1. The van der Waals surface area contributed by atoms with Crippen LogP contribution in [0.2, 0.25) is 0 Å². The van der Waals surface area contributed by atoms with Crippen molar-refractivity contribution in [2.24, 2.45) is 0 Å². The average Bonchev–Trinajstić information content (AvgIpc) is 2.71. The van der Waals surface area contributed by atoms with E-state index >= 15 is 0 Å². The van der Waals surface area contributed by atoms with Gasteiger partial charge in [0, 0.05) is 11.1 Å². The summed E-state index contributed by atoms with van der Waals surface area (Å²) < 4.78 is 4.61. The largest absolute Gasteiger partial charge is 0.505 e. The van der Waals surface area contributed by atoms with Gasteiger partial charge in [0.05, 0.1) is 19.2 Å². The lowest BCUT2D eigenvalue weighted by Gasteiger charge is -2.11. The summed E-state index contributed by atoms with van der Waals surface area (Å²) in [5, 5.41) is 13.0. The highest BCUT2D eigenvalue weighted by Gasteiger charge is 2.14. The summed E-state index contributed by atoms with van der Waals surface area (Å²) in [4.78, 5) is 23.9. The number of nitrogens with one attached hydrogen (secondary N) is 1. The topological polar surface area (TPSA) is 75.6 Å². The van der Waals surface area contributed by atoms with Crippen molar-refractivity contribution in [1.29, 1.82) is 0 Å². The maximum absolute atomic E-state index is 12.5. The maximum Gasteiger partial charge on any atom is 0.310 e. The highest BCUT2D eigenvalue weighted by Crippen LogP contribution is 2.28. The summed E-state index contributed by atoms with van der Waals surface area (Å²) in [6.45, 7) is 0. The second-order valence-electron chi connectivity index (χ2n) is 5.96. The quantitative estimate of drug-likeness (QED) is 0.531. The molecule has 0 bridgehead atoms. The van der Waals surface area contributed by atoms with Crippen molar-refractivity contribution in [3.63, 3.8) is 0 Å². The third-order valence-electron chi connectivity index (χ3n) is 4.18. The zero-order valence-corrected chi connectivity index (χ0v) is 14.8. The van der Waals surface area contributed by atoms with E-state index in [-0.39, 0.29) is 23.8 Å². The summed E-state index contributed by atoms with van der Waals surface area (Å²) in [5.41, 5.74) is 3.17. The van der Waals surface area contributed by atoms with E-state index in [4.69, 9.17) is 0 Å². The minimum Gasteiger partial charge on any atom is -0.505 e. The molecule has 27 heavy (non-hydrogen) atoms. The van der Waals surface area contributed by atoms with Crippen molar-refractivity contribution in [2.75, 3.05) is 12.4 Å². The Bertz CT molecular complexity index is 950. The molecular weight excluding hydrogens is 342 g/mol. The van der Waals surface area contributed by atoms with E-state index in [2.05, 4.69) is 10.1 Å². The van der Waals surface area contributed by atoms with E-state index < -0.39 is 5.97 Å². The molecule has 5 nitrogen and oxygen atoms in total. The lowest BCUT2D eigenvalue weighted by atomic mass is 10.0. The first kappa shape index (κ1) is 18.2. The molecule has 136 valence electrons. The number of carbonyl (C=O) groups is 2. The lowest BCUT2D eigenvalue weighted by molar-refractivity contribution is -0.139. The van der Waals surface area contributed by atoms with Crippen LogP contribution in [0.4, 0.5) is 5.69 Å². The molecule has 0 saturated carbocycles. The smallest absolute Gasteiger partial charge is 0.310 e. The Balaban J connectivity index is 1.76. The van der Waals surface area contributed by atoms with Crippen molar-refractivity contribution < 1.29 is 19.4 Å². The lowest BCUT2D eigenvalue weighted by Crippen LogP contribution is -2.12. The summed E-state index contributed by atoms with van der Waals surface area (Å²) >= 11 is 0. The van der Waals surface area contributed by atoms with Crippen LogP contribution in [0.25, 0.3) is 11.1 Å². The minimum atomic E-state index is -0.467. The molecule has 3 aromatic rings. The van der Waals surface area contributed by atoms with Crippen molar-refractivity contribution in [1.82, 2.24) is 0 Å². The van der Waals surface area contributed by atoms with Crippen LogP contribution in [0.3, 0.4) is 0 Å². The Morgan fingerprint density at radius 3 is 2.22 bits per heavy atom. The number of methoxy groups -OCH3 is 1. The van der Waals surface area contributed by atoms with Gasteiger partial charge in [-0.3, -0.25) is 9.59 Å². The monoisotopic (exact) mass is 361 g/mol. The first-order valence-electron chi connectivity index (χ1n) is 8.43. The average molecular weight is 361 g/mol. The van der Waals surface area contributed by atoms with E-state index in [0.29, 0.717) is 11.1 Å². The number of esters is 1. The summed E-state index contributed by atoms with van der Waals surface area (Å²) in [6, 6.07) is 21.9. The van der Waals surface area contributed by atoms with Gasteiger partial charge in [0.1, 0.15) is 5.75 Å². The van der Waals surface area contributed by atoms with Crippen LogP contribution in [0.1, 0.15) is 15.9 Å². The Morgan fingerprint density at radius 1 is 0.889 bits per heavy atom. The van der Waals surface area contributed by atoms with E-state index in [9.17, 15) is 14.7 Å². The first-order chi connectivity index (χ1) is 13.1. The van der Waals surface area contributed by atoms with Crippen LogP contribution in [0, 0.1) is 0 Å². The number of amides is 1. The molecular formula is C22H19NO4. The van der Waals surface area contributed by atoms with Gasteiger partial charge >= 0.3 is 5.97 Å². The Labute approximate surface area is 157 Å². The van der Waals surface area contributed by atoms with Crippen molar-refractivity contribution in [3.05, 3.63) is 83.9 Å². The number of para-hydroxylation sites is 1. The van der Waals surface area contributed by atoms with Gasteiger partial charge < -0.3 is 15.2 Å². The van der Waals surface area contributed by atoms with Crippen LogP contribution in [0.5, 0.6) is 5.75 Å². The summed E-state index contributed by atoms with van der Waals surface area (Å²) in [6.07, 6.45) is -0.0716. The Morgan fingerprint density at radius 2 is 1.56 bits per heavy atom. The number of carbonyl (C=O) groups excluding carboxylic acids is 2. The second kappa shape index (κ2) is 8.19. The second-order valence-corrected chi connectivity index (χ2v) is 5.96. The van der Waals surface area contributed by atoms with Gasteiger partial charge in [-0.25, -0.2) is 0 Å². The molecule has 0 aliphatic carbocycles. The molecule has 0 spiro atoms. The highest BCUT2D eigenvalue weighted by molar-refractivity contribution is 6.05. The molecule has 0 aromatic heterocycles. The van der Waals surface area contributed by atoms with E-state index in [1.54, 1.807) is 30.3 Å². The molecule has 0 fully saturated rings. The van der Waals surface area contributed by atoms with Crippen LogP contribution < -0.4 is 5.32 Å². The molecule has 0 heterocycles. The first-order valence-corrected chi connectivity index (χ1v) is 8.43. The third-order valence-corrected chi connectivity index (χ3v) is 4.18. The standard InChI is InChI=1S/C22H19NO4/c1-27-20(24)14-18-8-5-9-19(21(18)25)23-22(26)17-12-10-16(11-13-17)15-6-3-2-4-7-15/h2-13,25H,14H2,1H3,(H,23,26). The maximum atomic E-state index is 12.5. The van der Waals surface area contributed by atoms with Gasteiger partial charge in [-0.15, -0.1) is 0 Å². The number of ether oxygens (including phenoxy) is 1. The van der Waals surface area contributed by atoms with Gasteiger partial charge in [0.2, 0.25) is 0 Å². The highest BCUT2D eigenvalue weighted by atomic mass is 16.5. The molecule has 0 aliphatic heterocycles. The van der Waals surface area contributed by atoms with E-state index in [1.807, 2.05) is 42.5 Å². The molecule has 0 aliphatic rings. The van der Waals surface area contributed by atoms with E-state index in [0.717, 1.165) is 11.1 Å². The summed E-state index contributed by atoms with van der Waals surface area (Å²) in [7, 11) is 1.28. The zero-order chi connectivity index (χ0) is 19.2. The molecule has 1 amide bonds. The van der Waals surface area contributed by atoms with E-state index in [1.165, 1.54) is 7.11 Å². The number of phenolic OH excluding ortho intramolecular Hbond substituents is 1. The fourth-order valence-corrected chi connectivity index (χ4v) is 2.70. The number of hydrogen-bond donors (Lipinski definition) is 2. The number of benzene rings is 3. The number of aromatic hydroxyl groups is 1. The van der Waals surface area contributed by atoms with Gasteiger partial charge in [0.25, 0.3) is 5.91 Å². The normalized spacial score (nSPS) is 10.3. The Hall–Kier alpha value is -3.60. The molecule has 2 N–H and O–H groups in total. The SMILES string of the molecule is COC(=O)Cc1cccc(NC(=O)c2ccc(-c3ccccc3)cc2)c1O. The van der Waals surface area contributed by atoms with Gasteiger partial charge in [-0.2, -0.15) is 0 Å². The molecule has 0 radical (unpaired) electrons. The van der Waals surface area contributed by atoms with Crippen LogP contribution in [-0.2, 0) is 16.0 Å². The van der Waals surface area contributed by atoms with Crippen molar-refractivity contribution >= 4 is 17.6 Å². The van der Waals surface area contributed by atoms with Gasteiger partial charge in [-0.05, 0) is 29.3 Å². The predicted octanol–water partition coefficient (Wildman–Crippen LogP) is 4.03. The molecule has 3 aromatic carbocycles. The minimum absolute atomic E-state index is 0.0716. The predicted molar refractivity (Wildman–Crippen MR) is 104 cm³/mol. The molecule has 5 heteroatoms.